The monoisotopic (exact) mass is 333 g/mol. The molecule has 1 aromatic rings. The summed E-state index contributed by atoms with van der Waals surface area (Å²) in [7, 11) is 1.97. The fourth-order valence-corrected chi connectivity index (χ4v) is 2.82. The molecule has 2 rings (SSSR count). The van der Waals surface area contributed by atoms with Crippen molar-refractivity contribution in [2.45, 2.75) is 27.3 Å². The first-order chi connectivity index (χ1) is 11.5. The summed E-state index contributed by atoms with van der Waals surface area (Å²) in [6.07, 6.45) is 1.86. The van der Waals surface area contributed by atoms with Crippen molar-refractivity contribution in [1.82, 2.24) is 29.9 Å². The van der Waals surface area contributed by atoms with Crippen LogP contribution < -0.4 is 5.32 Å². The standard InChI is InChI=1S/C17H31N7/c1-6-7-18-17(19-12-16-21-20-15(4)22(16)5)24-10-8-23(9-11-24)13-14(2)3/h6,14H,1,7-13H2,2-5H3,(H,18,19). The number of guanidine groups is 1. The molecule has 0 amide bonds. The highest BCUT2D eigenvalue weighted by Crippen LogP contribution is 2.07. The van der Waals surface area contributed by atoms with Crippen molar-refractivity contribution >= 4 is 5.96 Å². The molecule has 24 heavy (non-hydrogen) atoms. The molecule has 134 valence electrons. The molecule has 0 spiro atoms. The van der Waals surface area contributed by atoms with E-state index in [1.165, 1.54) is 6.54 Å². The Balaban J connectivity index is 1.99. The van der Waals surface area contributed by atoms with Gasteiger partial charge in [0.05, 0.1) is 0 Å². The molecule has 2 heterocycles. The number of aliphatic imine (C=N–C) groups is 1. The number of aryl methyl sites for hydroxylation is 1. The summed E-state index contributed by atoms with van der Waals surface area (Å²) in [5.74, 6) is 3.43. The Morgan fingerprint density at radius 2 is 2.00 bits per heavy atom. The molecular formula is C17H31N7. The van der Waals surface area contributed by atoms with Gasteiger partial charge < -0.3 is 14.8 Å². The van der Waals surface area contributed by atoms with Gasteiger partial charge in [0.15, 0.2) is 11.8 Å². The van der Waals surface area contributed by atoms with Crippen LogP contribution in [0.1, 0.15) is 25.5 Å². The van der Waals surface area contributed by atoms with Crippen LogP contribution in [0, 0.1) is 12.8 Å². The second-order valence-corrected chi connectivity index (χ2v) is 6.71. The topological polar surface area (TPSA) is 61.6 Å². The van der Waals surface area contributed by atoms with Crippen molar-refractivity contribution in [2.24, 2.45) is 18.0 Å². The lowest BCUT2D eigenvalue weighted by Crippen LogP contribution is -2.53. The first kappa shape index (κ1) is 18.4. The van der Waals surface area contributed by atoms with E-state index in [0.29, 0.717) is 19.0 Å². The van der Waals surface area contributed by atoms with Crippen LogP contribution in [-0.4, -0.2) is 69.8 Å². The maximum atomic E-state index is 4.76. The number of rotatable bonds is 6. The molecule has 1 N–H and O–H groups in total. The fraction of sp³-hybridized carbons (Fsp3) is 0.706. The van der Waals surface area contributed by atoms with Crippen LogP contribution in [0.3, 0.4) is 0 Å². The Morgan fingerprint density at radius 1 is 1.29 bits per heavy atom. The maximum absolute atomic E-state index is 4.76. The quantitative estimate of drug-likeness (QED) is 0.479. The number of nitrogens with one attached hydrogen (secondary N) is 1. The van der Waals surface area contributed by atoms with E-state index in [9.17, 15) is 0 Å². The largest absolute Gasteiger partial charge is 0.353 e. The summed E-state index contributed by atoms with van der Waals surface area (Å²) >= 11 is 0. The summed E-state index contributed by atoms with van der Waals surface area (Å²) < 4.78 is 1.98. The van der Waals surface area contributed by atoms with Crippen LogP contribution in [0.2, 0.25) is 0 Å². The molecule has 0 radical (unpaired) electrons. The van der Waals surface area contributed by atoms with Gasteiger partial charge >= 0.3 is 0 Å². The summed E-state index contributed by atoms with van der Waals surface area (Å²) in [6, 6.07) is 0. The summed E-state index contributed by atoms with van der Waals surface area (Å²) in [6.45, 7) is 16.8. The van der Waals surface area contributed by atoms with Gasteiger partial charge in [-0.15, -0.1) is 16.8 Å². The number of nitrogens with zero attached hydrogens (tertiary/aromatic N) is 6. The number of aromatic nitrogens is 3. The number of hydrogen-bond donors (Lipinski definition) is 1. The van der Waals surface area contributed by atoms with E-state index in [1.54, 1.807) is 0 Å². The first-order valence-corrected chi connectivity index (χ1v) is 8.72. The Morgan fingerprint density at radius 3 is 2.54 bits per heavy atom. The third-order valence-corrected chi connectivity index (χ3v) is 4.25. The van der Waals surface area contributed by atoms with Gasteiger partial charge in [-0.05, 0) is 12.8 Å². The van der Waals surface area contributed by atoms with Crippen LogP contribution in [0.4, 0.5) is 0 Å². The highest BCUT2D eigenvalue weighted by atomic mass is 15.4. The Hall–Kier alpha value is -1.89. The van der Waals surface area contributed by atoms with Gasteiger partial charge in [-0.3, -0.25) is 4.90 Å². The van der Waals surface area contributed by atoms with Crippen molar-refractivity contribution in [1.29, 1.82) is 0 Å². The van der Waals surface area contributed by atoms with E-state index in [1.807, 2.05) is 24.6 Å². The van der Waals surface area contributed by atoms with E-state index >= 15 is 0 Å². The number of hydrogen-bond acceptors (Lipinski definition) is 4. The van der Waals surface area contributed by atoms with E-state index < -0.39 is 0 Å². The minimum atomic E-state index is 0.531. The zero-order valence-electron chi connectivity index (χ0n) is 15.5. The molecule has 0 aliphatic carbocycles. The molecule has 0 atom stereocenters. The Labute approximate surface area is 145 Å². The number of piperazine rings is 1. The van der Waals surface area contributed by atoms with Gasteiger partial charge in [0.2, 0.25) is 0 Å². The molecular weight excluding hydrogens is 302 g/mol. The minimum Gasteiger partial charge on any atom is -0.353 e. The molecule has 7 heteroatoms. The van der Waals surface area contributed by atoms with Crippen LogP contribution in [-0.2, 0) is 13.6 Å². The van der Waals surface area contributed by atoms with Crippen LogP contribution in [0.15, 0.2) is 17.6 Å². The lowest BCUT2D eigenvalue weighted by Gasteiger charge is -2.37. The van der Waals surface area contributed by atoms with E-state index in [2.05, 4.69) is 45.7 Å². The molecule has 0 unspecified atom stereocenters. The Kier molecular flexibility index (Phi) is 6.78. The fourth-order valence-electron chi connectivity index (χ4n) is 2.82. The van der Waals surface area contributed by atoms with Crippen molar-refractivity contribution in [3.63, 3.8) is 0 Å². The first-order valence-electron chi connectivity index (χ1n) is 8.72. The predicted molar refractivity (Wildman–Crippen MR) is 97.9 cm³/mol. The average molecular weight is 333 g/mol. The normalized spacial score (nSPS) is 16.7. The summed E-state index contributed by atoms with van der Waals surface area (Å²) in [4.78, 5) is 9.61. The predicted octanol–water partition coefficient (Wildman–Crippen LogP) is 1.03. The lowest BCUT2D eigenvalue weighted by molar-refractivity contribution is 0.164. The lowest BCUT2D eigenvalue weighted by atomic mass is 10.2. The highest BCUT2D eigenvalue weighted by Gasteiger charge is 2.20. The second kappa shape index (κ2) is 8.82. The second-order valence-electron chi connectivity index (χ2n) is 6.71. The highest BCUT2D eigenvalue weighted by molar-refractivity contribution is 5.80. The van der Waals surface area contributed by atoms with Crippen molar-refractivity contribution in [2.75, 3.05) is 39.3 Å². The van der Waals surface area contributed by atoms with Crippen LogP contribution in [0.5, 0.6) is 0 Å². The van der Waals surface area contributed by atoms with Gasteiger partial charge in [0, 0.05) is 46.3 Å². The average Bonchev–Trinajstić information content (AvgIpc) is 2.87. The Bertz CT molecular complexity index is 553. The van der Waals surface area contributed by atoms with Gasteiger partial charge in [-0.25, -0.2) is 4.99 Å². The third-order valence-electron chi connectivity index (χ3n) is 4.25. The summed E-state index contributed by atoms with van der Waals surface area (Å²) in [5, 5.41) is 11.7. The van der Waals surface area contributed by atoms with E-state index in [-0.39, 0.29) is 0 Å². The van der Waals surface area contributed by atoms with Gasteiger partial charge in [-0.2, -0.15) is 0 Å². The smallest absolute Gasteiger partial charge is 0.194 e. The molecule has 0 aromatic carbocycles. The summed E-state index contributed by atoms with van der Waals surface area (Å²) in [5.41, 5.74) is 0. The minimum absolute atomic E-state index is 0.531. The van der Waals surface area contributed by atoms with E-state index in [4.69, 9.17) is 4.99 Å². The molecule has 0 saturated carbocycles. The molecule has 1 saturated heterocycles. The van der Waals surface area contributed by atoms with Crippen molar-refractivity contribution in [3.8, 4) is 0 Å². The molecule has 7 nitrogen and oxygen atoms in total. The van der Waals surface area contributed by atoms with Gasteiger partial charge in [-0.1, -0.05) is 19.9 Å². The van der Waals surface area contributed by atoms with Crippen LogP contribution >= 0.6 is 0 Å². The maximum Gasteiger partial charge on any atom is 0.194 e. The molecule has 1 fully saturated rings. The molecule has 0 bridgehead atoms. The molecule has 1 aliphatic heterocycles. The SMILES string of the molecule is C=CCNC(=NCc1nnc(C)n1C)N1CCN(CC(C)C)CC1. The van der Waals surface area contributed by atoms with Gasteiger partial charge in [0.1, 0.15) is 12.4 Å². The molecule has 1 aliphatic rings. The van der Waals surface area contributed by atoms with E-state index in [0.717, 1.165) is 43.8 Å². The molecule has 1 aromatic heterocycles. The zero-order chi connectivity index (χ0) is 17.5. The van der Waals surface area contributed by atoms with Crippen LogP contribution in [0.25, 0.3) is 0 Å². The van der Waals surface area contributed by atoms with Crippen molar-refractivity contribution < 1.29 is 0 Å². The van der Waals surface area contributed by atoms with Gasteiger partial charge in [0.25, 0.3) is 0 Å². The zero-order valence-corrected chi connectivity index (χ0v) is 15.5. The third kappa shape index (κ3) is 5.06. The van der Waals surface area contributed by atoms with Crippen molar-refractivity contribution in [3.05, 3.63) is 24.3 Å².